The highest BCUT2D eigenvalue weighted by molar-refractivity contribution is 14.1. The maximum absolute atomic E-state index is 13.9. The van der Waals surface area contributed by atoms with E-state index in [9.17, 15) is 110 Å². The Balaban J connectivity index is 6.80. The number of halogens is 27. The standard InChI is InChI=1S/C14H3F25I2/c15-3(16,5(19,20)7(23,24)10(29,30)12(33,34)14(38,39)41)1-2(40)4(17,18)6(21,22)8(25,26)9(27,28)11(31,32)13(35,36)37/h2H,1H2. The van der Waals surface area contributed by atoms with E-state index < -0.39 is 125 Å². The van der Waals surface area contributed by atoms with Crippen molar-refractivity contribution in [2.75, 3.05) is 0 Å². The van der Waals surface area contributed by atoms with Gasteiger partial charge >= 0.3 is 69.3 Å². The van der Waals surface area contributed by atoms with Crippen LogP contribution in [0.1, 0.15) is 6.42 Å². The minimum absolute atomic E-state index is 0.875. The highest BCUT2D eigenvalue weighted by Gasteiger charge is 2.93. The Labute approximate surface area is 234 Å². The van der Waals surface area contributed by atoms with Gasteiger partial charge in [0, 0.05) is 29.0 Å². The van der Waals surface area contributed by atoms with Crippen LogP contribution in [0.2, 0.25) is 0 Å². The maximum atomic E-state index is 13.9. The molecule has 0 N–H and O–H groups in total. The molecule has 0 heterocycles. The molecule has 41 heavy (non-hydrogen) atoms. The zero-order chi connectivity index (χ0) is 34.3. The van der Waals surface area contributed by atoms with E-state index in [0.29, 0.717) is 0 Å². The van der Waals surface area contributed by atoms with E-state index >= 15 is 0 Å². The van der Waals surface area contributed by atoms with Gasteiger partial charge in [0.15, 0.2) is 0 Å². The summed E-state index contributed by atoms with van der Waals surface area (Å²) in [5, 5.41) is 0. The molecule has 0 rings (SSSR count). The van der Waals surface area contributed by atoms with Gasteiger partial charge in [0.05, 0.1) is 3.92 Å². The fraction of sp³-hybridized carbons (Fsp3) is 1.00. The van der Waals surface area contributed by atoms with Gasteiger partial charge in [0.2, 0.25) is 0 Å². The van der Waals surface area contributed by atoms with Crippen molar-refractivity contribution in [1.29, 1.82) is 0 Å². The summed E-state index contributed by atoms with van der Waals surface area (Å²) in [7, 11) is 0. The minimum atomic E-state index is -8.67. The molecule has 0 aromatic rings. The maximum Gasteiger partial charge on any atom is 0.460 e. The molecule has 0 aliphatic carbocycles. The van der Waals surface area contributed by atoms with Gasteiger partial charge in [0.25, 0.3) is 0 Å². The second kappa shape index (κ2) is 10.4. The summed E-state index contributed by atoms with van der Waals surface area (Å²) < 4.78 is 318. The molecule has 0 spiro atoms. The van der Waals surface area contributed by atoms with E-state index in [1.807, 2.05) is 0 Å². The first-order valence-corrected chi connectivity index (χ1v) is 11.0. The molecule has 0 bridgehead atoms. The lowest BCUT2D eigenvalue weighted by Crippen LogP contribution is -2.72. The smallest absolute Gasteiger partial charge is 0.200 e. The van der Waals surface area contributed by atoms with Gasteiger partial charge in [-0.05, 0) is 0 Å². The molecule has 0 radical (unpaired) electrons. The first-order chi connectivity index (χ1) is 17.1. The molecule has 27 heteroatoms. The summed E-state index contributed by atoms with van der Waals surface area (Å²) in [5.41, 5.74) is 0. The van der Waals surface area contributed by atoms with E-state index in [4.69, 9.17) is 0 Å². The predicted octanol–water partition coefficient (Wildman–Crippen LogP) is 10.1. The van der Waals surface area contributed by atoms with Crippen molar-refractivity contribution in [2.24, 2.45) is 0 Å². The normalized spacial score (nSPS) is 17.6. The summed E-state index contributed by atoms with van der Waals surface area (Å²) in [6.07, 6.45) is -12.3. The third kappa shape index (κ3) is 5.57. The Bertz CT molecular complexity index is 939. The van der Waals surface area contributed by atoms with Crippen LogP contribution in [0.3, 0.4) is 0 Å². The summed E-state index contributed by atoms with van der Waals surface area (Å²) in [6, 6.07) is 0. The highest BCUT2D eigenvalue weighted by atomic mass is 127. The Morgan fingerprint density at radius 1 is 0.366 bits per heavy atom. The molecule has 0 aliphatic rings. The van der Waals surface area contributed by atoms with Gasteiger partial charge in [-0.2, -0.15) is 110 Å². The minimum Gasteiger partial charge on any atom is -0.200 e. The van der Waals surface area contributed by atoms with Gasteiger partial charge in [-0.3, -0.25) is 0 Å². The zero-order valence-corrected chi connectivity index (χ0v) is 21.8. The van der Waals surface area contributed by atoms with Gasteiger partial charge in [-0.25, -0.2) is 0 Å². The lowest BCUT2D eigenvalue weighted by atomic mass is 9.88. The van der Waals surface area contributed by atoms with Crippen molar-refractivity contribution in [2.45, 2.75) is 79.7 Å². The molecule has 248 valence electrons. The van der Waals surface area contributed by atoms with E-state index in [-0.39, 0.29) is 0 Å². The van der Waals surface area contributed by atoms with Crippen LogP contribution in [0.25, 0.3) is 0 Å². The van der Waals surface area contributed by atoms with Gasteiger partial charge in [0.1, 0.15) is 0 Å². The van der Waals surface area contributed by atoms with Crippen LogP contribution in [-0.4, -0.2) is 73.3 Å². The molecule has 0 saturated heterocycles. The average molecular weight is 900 g/mol. The lowest BCUT2D eigenvalue weighted by molar-refractivity contribution is -0.440. The van der Waals surface area contributed by atoms with Crippen molar-refractivity contribution >= 4 is 45.2 Å². The van der Waals surface area contributed by atoms with Crippen molar-refractivity contribution in [1.82, 2.24) is 0 Å². The molecule has 0 fully saturated rings. The van der Waals surface area contributed by atoms with E-state index in [1.54, 1.807) is 0 Å². The molecule has 0 aromatic heterocycles. The summed E-state index contributed by atoms with van der Waals surface area (Å²) in [5.74, 6) is -82.0. The average Bonchev–Trinajstić information content (AvgIpc) is 2.70. The molecule has 1 unspecified atom stereocenters. The first kappa shape index (κ1) is 40.7. The molecule has 0 saturated carbocycles. The molecule has 0 nitrogen and oxygen atoms in total. The number of hydrogen-bond acceptors (Lipinski definition) is 0. The highest BCUT2D eigenvalue weighted by Crippen LogP contribution is 2.64. The van der Waals surface area contributed by atoms with E-state index in [1.165, 1.54) is 0 Å². The van der Waals surface area contributed by atoms with Crippen molar-refractivity contribution < 1.29 is 110 Å². The van der Waals surface area contributed by atoms with Crippen molar-refractivity contribution in [3.63, 3.8) is 0 Å². The number of alkyl halides is 27. The van der Waals surface area contributed by atoms with Crippen LogP contribution in [0.15, 0.2) is 0 Å². The van der Waals surface area contributed by atoms with Crippen LogP contribution in [-0.2, 0) is 0 Å². The second-order valence-corrected chi connectivity index (χ2v) is 10.4. The number of rotatable bonds is 12. The lowest BCUT2D eigenvalue weighted by Gasteiger charge is -2.43. The van der Waals surface area contributed by atoms with E-state index in [0.717, 1.165) is 0 Å². The Hall–Kier alpha value is -0.290. The van der Waals surface area contributed by atoms with E-state index in [2.05, 4.69) is 0 Å². The van der Waals surface area contributed by atoms with Crippen molar-refractivity contribution in [3.8, 4) is 0 Å². The second-order valence-electron chi connectivity index (χ2n) is 7.59. The van der Waals surface area contributed by atoms with Crippen LogP contribution in [0.5, 0.6) is 0 Å². The topological polar surface area (TPSA) is 0 Å². The molecule has 0 aromatic carbocycles. The monoisotopic (exact) mass is 900 g/mol. The summed E-state index contributed by atoms with van der Waals surface area (Å²) in [6.45, 7) is 0. The molecule has 0 aliphatic heterocycles. The van der Waals surface area contributed by atoms with Gasteiger partial charge in [-0.1, -0.05) is 22.6 Å². The third-order valence-electron chi connectivity index (χ3n) is 4.79. The SMILES string of the molecule is FC(F)(F)C(F)(F)C(F)(F)C(F)(F)C(F)(F)C(F)(F)C(I)CC(F)(F)C(F)(F)C(F)(F)C(F)(F)C(F)(F)C(F)(F)I. The molecule has 0 amide bonds. The quantitative estimate of drug-likeness (QED) is 0.104. The van der Waals surface area contributed by atoms with Crippen LogP contribution in [0.4, 0.5) is 110 Å². The molecular formula is C14H3F25I2. The van der Waals surface area contributed by atoms with Crippen LogP contribution >= 0.6 is 45.2 Å². The first-order valence-electron chi connectivity index (χ1n) is 8.68. The summed E-state index contributed by atoms with van der Waals surface area (Å²) >= 11 is -1.95. The van der Waals surface area contributed by atoms with Crippen LogP contribution < -0.4 is 0 Å². The Morgan fingerprint density at radius 2 is 0.634 bits per heavy atom. The predicted molar refractivity (Wildman–Crippen MR) is 96.9 cm³/mol. The number of hydrogen-bond donors (Lipinski definition) is 0. The van der Waals surface area contributed by atoms with Gasteiger partial charge in [-0.15, -0.1) is 0 Å². The fourth-order valence-electron chi connectivity index (χ4n) is 2.26. The molecule has 1 atom stereocenters. The van der Waals surface area contributed by atoms with Gasteiger partial charge < -0.3 is 0 Å². The fourth-order valence-corrected chi connectivity index (χ4v) is 3.54. The molecular weight excluding hydrogens is 897 g/mol. The van der Waals surface area contributed by atoms with Crippen molar-refractivity contribution in [3.05, 3.63) is 0 Å². The van der Waals surface area contributed by atoms with Crippen LogP contribution in [0, 0.1) is 0 Å². The zero-order valence-electron chi connectivity index (χ0n) is 17.5. The summed E-state index contributed by atoms with van der Waals surface area (Å²) in [4.78, 5) is 0. The third-order valence-corrected chi connectivity index (χ3v) is 6.69. The Kier molecular flexibility index (Phi) is 10.3. The largest absolute Gasteiger partial charge is 0.460 e. The Morgan fingerprint density at radius 3 is 0.927 bits per heavy atom.